The van der Waals surface area contributed by atoms with Gasteiger partial charge in [-0.15, -0.1) is 11.8 Å². The molecule has 0 bridgehead atoms. The first kappa shape index (κ1) is 19.8. The average Bonchev–Trinajstić information content (AvgIpc) is 2.94. The summed E-state index contributed by atoms with van der Waals surface area (Å²) in [6.07, 6.45) is 4.24. The highest BCUT2D eigenvalue weighted by Gasteiger charge is 2.20. The number of rotatable bonds is 4. The Morgan fingerprint density at radius 1 is 1.14 bits per heavy atom. The number of hydrogen-bond donors (Lipinski definition) is 1. The Morgan fingerprint density at radius 2 is 1.93 bits per heavy atom. The van der Waals surface area contributed by atoms with Gasteiger partial charge >= 0.3 is 0 Å². The SMILES string of the molecule is CN(Cc1ccccc1N1CCCCC1)C(=O)c1ccc2c(c1)NC(=O)CCS2. The fourth-order valence-corrected chi connectivity index (χ4v) is 4.93. The topological polar surface area (TPSA) is 52.6 Å². The number of hydrogen-bond acceptors (Lipinski definition) is 4. The molecule has 0 spiro atoms. The highest BCUT2D eigenvalue weighted by Crippen LogP contribution is 2.32. The summed E-state index contributed by atoms with van der Waals surface area (Å²) in [5, 5.41) is 2.92. The van der Waals surface area contributed by atoms with E-state index in [9.17, 15) is 9.59 Å². The van der Waals surface area contributed by atoms with E-state index in [1.807, 2.05) is 25.2 Å². The van der Waals surface area contributed by atoms with Crippen molar-refractivity contribution in [1.29, 1.82) is 0 Å². The summed E-state index contributed by atoms with van der Waals surface area (Å²) in [6, 6.07) is 14.0. The van der Waals surface area contributed by atoms with Gasteiger partial charge in [-0.1, -0.05) is 18.2 Å². The molecule has 1 N–H and O–H groups in total. The number of nitrogens with one attached hydrogen (secondary N) is 1. The molecule has 2 aromatic rings. The monoisotopic (exact) mass is 409 g/mol. The second-order valence-electron chi connectivity index (χ2n) is 7.70. The number of para-hydroxylation sites is 1. The summed E-state index contributed by atoms with van der Waals surface area (Å²) < 4.78 is 0. The molecule has 0 aliphatic carbocycles. The molecular weight excluding hydrogens is 382 g/mol. The molecule has 2 aromatic carbocycles. The van der Waals surface area contributed by atoms with Crippen molar-refractivity contribution >= 4 is 35.0 Å². The molecule has 2 aliphatic rings. The summed E-state index contributed by atoms with van der Waals surface area (Å²) in [7, 11) is 1.84. The Labute approximate surface area is 176 Å². The molecule has 6 heteroatoms. The molecule has 152 valence electrons. The number of amides is 2. The maximum absolute atomic E-state index is 13.1. The first-order chi connectivity index (χ1) is 14.1. The Morgan fingerprint density at radius 3 is 2.76 bits per heavy atom. The zero-order valence-electron chi connectivity index (χ0n) is 16.8. The van der Waals surface area contributed by atoms with Crippen LogP contribution in [0.15, 0.2) is 47.4 Å². The van der Waals surface area contributed by atoms with Gasteiger partial charge in [0.1, 0.15) is 0 Å². The van der Waals surface area contributed by atoms with E-state index in [0.717, 1.165) is 29.4 Å². The zero-order valence-corrected chi connectivity index (χ0v) is 17.6. The van der Waals surface area contributed by atoms with Crippen molar-refractivity contribution in [3.05, 3.63) is 53.6 Å². The fourth-order valence-electron chi connectivity index (χ4n) is 3.99. The largest absolute Gasteiger partial charge is 0.371 e. The molecule has 5 nitrogen and oxygen atoms in total. The Kier molecular flexibility index (Phi) is 6.09. The van der Waals surface area contributed by atoms with Crippen LogP contribution in [0, 0.1) is 0 Å². The minimum Gasteiger partial charge on any atom is -0.371 e. The molecule has 0 saturated carbocycles. The van der Waals surface area contributed by atoms with Crippen molar-refractivity contribution in [3.63, 3.8) is 0 Å². The molecule has 0 aromatic heterocycles. The molecule has 1 saturated heterocycles. The summed E-state index contributed by atoms with van der Waals surface area (Å²) >= 11 is 1.65. The number of fused-ring (bicyclic) bond motifs is 1. The average molecular weight is 410 g/mol. The fraction of sp³-hybridized carbons (Fsp3) is 0.391. The number of nitrogens with zero attached hydrogens (tertiary/aromatic N) is 2. The van der Waals surface area contributed by atoms with E-state index in [4.69, 9.17) is 0 Å². The lowest BCUT2D eigenvalue weighted by Crippen LogP contribution is -2.32. The first-order valence-electron chi connectivity index (χ1n) is 10.3. The molecule has 0 atom stereocenters. The number of benzene rings is 2. The van der Waals surface area contributed by atoms with Crippen LogP contribution in [0.3, 0.4) is 0 Å². The third-order valence-corrected chi connectivity index (χ3v) is 6.61. The number of anilines is 2. The Balaban J connectivity index is 1.51. The second-order valence-corrected chi connectivity index (χ2v) is 8.83. The molecular formula is C23H27N3O2S. The lowest BCUT2D eigenvalue weighted by atomic mass is 10.1. The molecule has 2 heterocycles. The van der Waals surface area contributed by atoms with Gasteiger partial charge in [0.25, 0.3) is 5.91 Å². The molecule has 29 heavy (non-hydrogen) atoms. The van der Waals surface area contributed by atoms with Gasteiger partial charge in [-0.25, -0.2) is 0 Å². The van der Waals surface area contributed by atoms with E-state index in [2.05, 4.69) is 28.4 Å². The molecule has 4 rings (SSSR count). The zero-order chi connectivity index (χ0) is 20.2. The predicted molar refractivity (Wildman–Crippen MR) is 119 cm³/mol. The number of carbonyl (C=O) groups excluding carboxylic acids is 2. The number of piperidine rings is 1. The van der Waals surface area contributed by atoms with Crippen LogP contribution in [0.1, 0.15) is 41.6 Å². The van der Waals surface area contributed by atoms with Crippen molar-refractivity contribution in [3.8, 4) is 0 Å². The molecule has 2 amide bonds. The van der Waals surface area contributed by atoms with Crippen LogP contribution in [0.2, 0.25) is 0 Å². The first-order valence-corrected chi connectivity index (χ1v) is 11.3. The molecule has 2 aliphatic heterocycles. The highest BCUT2D eigenvalue weighted by molar-refractivity contribution is 7.99. The van der Waals surface area contributed by atoms with E-state index >= 15 is 0 Å². The lowest BCUT2D eigenvalue weighted by molar-refractivity contribution is -0.115. The van der Waals surface area contributed by atoms with Crippen molar-refractivity contribution in [2.24, 2.45) is 0 Å². The highest BCUT2D eigenvalue weighted by atomic mass is 32.2. The minimum absolute atomic E-state index is 0.00432. The van der Waals surface area contributed by atoms with Gasteiger partial charge < -0.3 is 15.1 Å². The maximum Gasteiger partial charge on any atom is 0.253 e. The van der Waals surface area contributed by atoms with Crippen molar-refractivity contribution < 1.29 is 9.59 Å². The summed E-state index contributed by atoms with van der Waals surface area (Å²) in [4.78, 5) is 30.2. The molecule has 1 fully saturated rings. The third kappa shape index (κ3) is 4.58. The Bertz CT molecular complexity index is 909. The van der Waals surface area contributed by atoms with Crippen LogP contribution in [0.4, 0.5) is 11.4 Å². The summed E-state index contributed by atoms with van der Waals surface area (Å²) in [5.41, 5.74) is 3.75. The maximum atomic E-state index is 13.1. The minimum atomic E-state index is -0.0373. The van der Waals surface area contributed by atoms with E-state index in [-0.39, 0.29) is 11.8 Å². The van der Waals surface area contributed by atoms with Gasteiger partial charge in [-0.2, -0.15) is 0 Å². The van der Waals surface area contributed by atoms with Gasteiger partial charge in [0.05, 0.1) is 5.69 Å². The van der Waals surface area contributed by atoms with Crippen molar-refractivity contribution in [1.82, 2.24) is 4.90 Å². The standard InChI is InChI=1S/C23H27N3O2S/c1-25(16-18-7-3-4-8-20(18)26-12-5-2-6-13-26)23(28)17-9-10-21-19(15-17)24-22(27)11-14-29-21/h3-4,7-10,15H,2,5-6,11-14,16H2,1H3,(H,24,27). The summed E-state index contributed by atoms with van der Waals surface area (Å²) in [5.74, 6) is 0.730. The van der Waals surface area contributed by atoms with E-state index in [1.165, 1.54) is 30.5 Å². The van der Waals surface area contributed by atoms with Gasteiger partial charge in [0.15, 0.2) is 0 Å². The summed E-state index contributed by atoms with van der Waals surface area (Å²) in [6.45, 7) is 2.72. The van der Waals surface area contributed by atoms with Gasteiger partial charge in [0, 0.05) is 55.0 Å². The third-order valence-electron chi connectivity index (χ3n) is 5.53. The second kappa shape index (κ2) is 8.91. The quantitative estimate of drug-likeness (QED) is 0.814. The number of thioether (sulfide) groups is 1. The van der Waals surface area contributed by atoms with Gasteiger partial charge in [-0.3, -0.25) is 9.59 Å². The van der Waals surface area contributed by atoms with Crippen molar-refractivity contribution in [2.45, 2.75) is 37.1 Å². The van der Waals surface area contributed by atoms with Crippen LogP contribution in [-0.2, 0) is 11.3 Å². The van der Waals surface area contributed by atoms with Crippen LogP contribution in [0.25, 0.3) is 0 Å². The normalized spacial score (nSPS) is 16.6. The van der Waals surface area contributed by atoms with Crippen LogP contribution < -0.4 is 10.2 Å². The molecule has 0 radical (unpaired) electrons. The van der Waals surface area contributed by atoms with Crippen LogP contribution in [0.5, 0.6) is 0 Å². The smallest absolute Gasteiger partial charge is 0.253 e. The van der Waals surface area contributed by atoms with Gasteiger partial charge in [0.2, 0.25) is 5.91 Å². The van der Waals surface area contributed by atoms with E-state index < -0.39 is 0 Å². The number of carbonyl (C=O) groups is 2. The van der Waals surface area contributed by atoms with Crippen LogP contribution >= 0.6 is 11.8 Å². The van der Waals surface area contributed by atoms with Crippen LogP contribution in [-0.4, -0.2) is 42.6 Å². The van der Waals surface area contributed by atoms with E-state index in [0.29, 0.717) is 18.5 Å². The van der Waals surface area contributed by atoms with Gasteiger partial charge in [-0.05, 0) is 49.1 Å². The predicted octanol–water partition coefficient (Wildman–Crippen LogP) is 4.38. The van der Waals surface area contributed by atoms with Crippen molar-refractivity contribution in [2.75, 3.05) is 36.1 Å². The molecule has 0 unspecified atom stereocenters. The lowest BCUT2D eigenvalue weighted by Gasteiger charge is -2.31. The van der Waals surface area contributed by atoms with E-state index in [1.54, 1.807) is 22.7 Å². The Hall–Kier alpha value is -2.47.